The summed E-state index contributed by atoms with van der Waals surface area (Å²) in [5.41, 5.74) is 1.68. The van der Waals surface area contributed by atoms with Crippen molar-refractivity contribution in [3.8, 4) is 0 Å². The molecule has 0 aliphatic heterocycles. The molecule has 0 aromatic heterocycles. The van der Waals surface area contributed by atoms with Crippen molar-refractivity contribution in [2.45, 2.75) is 58.0 Å². The predicted molar refractivity (Wildman–Crippen MR) is 83.3 cm³/mol. The third-order valence-corrected chi connectivity index (χ3v) is 5.19. The lowest BCUT2D eigenvalue weighted by Crippen LogP contribution is -2.42. The second-order valence-corrected chi connectivity index (χ2v) is 7.39. The fourth-order valence-electron chi connectivity index (χ4n) is 1.76. The first kappa shape index (κ1) is 17.1. The number of aryl methyl sites for hydroxylation is 1. The van der Waals surface area contributed by atoms with Gasteiger partial charge in [0.05, 0.1) is 4.90 Å². The van der Waals surface area contributed by atoms with Crippen LogP contribution in [-0.4, -0.2) is 20.5 Å². The molecule has 0 radical (unpaired) electrons. The number of hydrogen-bond donors (Lipinski definition) is 2. The fraction of sp³-hybridized carbons (Fsp3) is 0.600. The summed E-state index contributed by atoms with van der Waals surface area (Å²) in [6.45, 7) is 11.3. The topological polar surface area (TPSA) is 58.2 Å². The molecule has 0 spiro atoms. The van der Waals surface area contributed by atoms with Crippen molar-refractivity contribution in [2.24, 2.45) is 0 Å². The van der Waals surface area contributed by atoms with Gasteiger partial charge >= 0.3 is 0 Å². The number of nitrogens with one attached hydrogen (secondary N) is 2. The molecule has 4 nitrogen and oxygen atoms in total. The van der Waals surface area contributed by atoms with Gasteiger partial charge in [0.1, 0.15) is 0 Å². The number of rotatable bonds is 7. The Balaban J connectivity index is 3.07. The third kappa shape index (κ3) is 4.58. The van der Waals surface area contributed by atoms with Crippen LogP contribution in [-0.2, 0) is 16.6 Å². The van der Waals surface area contributed by atoms with Crippen LogP contribution in [0.4, 0.5) is 0 Å². The zero-order valence-corrected chi connectivity index (χ0v) is 13.9. The van der Waals surface area contributed by atoms with E-state index < -0.39 is 15.6 Å². The second-order valence-electron chi connectivity index (χ2n) is 5.71. The Bertz CT molecular complexity index is 551. The molecule has 0 heterocycles. The predicted octanol–water partition coefficient (Wildman–Crippen LogP) is 2.57. The minimum absolute atomic E-state index is 0.331. The van der Waals surface area contributed by atoms with Crippen LogP contribution in [0.3, 0.4) is 0 Å². The molecule has 0 bridgehead atoms. The first-order chi connectivity index (χ1) is 9.22. The van der Waals surface area contributed by atoms with Gasteiger partial charge in [-0.25, -0.2) is 13.1 Å². The number of hydrogen-bond acceptors (Lipinski definition) is 3. The Morgan fingerprint density at radius 1 is 1.20 bits per heavy atom. The molecule has 0 saturated heterocycles. The van der Waals surface area contributed by atoms with Crippen molar-refractivity contribution < 1.29 is 8.42 Å². The van der Waals surface area contributed by atoms with Gasteiger partial charge < -0.3 is 5.32 Å². The number of sulfonamides is 1. The molecular weight excluding hydrogens is 272 g/mol. The fourth-order valence-corrected chi connectivity index (χ4v) is 3.29. The van der Waals surface area contributed by atoms with Crippen LogP contribution >= 0.6 is 0 Å². The molecule has 20 heavy (non-hydrogen) atoms. The monoisotopic (exact) mass is 298 g/mol. The van der Waals surface area contributed by atoms with Crippen molar-refractivity contribution in [1.82, 2.24) is 10.0 Å². The zero-order valence-electron chi connectivity index (χ0n) is 13.1. The van der Waals surface area contributed by atoms with Crippen molar-refractivity contribution in [1.29, 1.82) is 0 Å². The Morgan fingerprint density at radius 3 is 2.40 bits per heavy atom. The molecule has 2 N–H and O–H groups in total. The van der Waals surface area contributed by atoms with E-state index in [4.69, 9.17) is 0 Å². The van der Waals surface area contributed by atoms with Crippen molar-refractivity contribution in [2.75, 3.05) is 6.54 Å². The van der Waals surface area contributed by atoms with E-state index in [9.17, 15) is 8.42 Å². The van der Waals surface area contributed by atoms with Gasteiger partial charge in [-0.15, -0.1) is 0 Å². The Hall–Kier alpha value is -0.910. The quantitative estimate of drug-likeness (QED) is 0.813. The summed E-state index contributed by atoms with van der Waals surface area (Å²) in [7, 11) is -3.47. The molecule has 1 aromatic carbocycles. The van der Waals surface area contributed by atoms with Gasteiger partial charge in [0.25, 0.3) is 0 Å². The van der Waals surface area contributed by atoms with E-state index in [-0.39, 0.29) is 0 Å². The van der Waals surface area contributed by atoms with Crippen LogP contribution in [0, 0.1) is 6.92 Å². The molecule has 114 valence electrons. The van der Waals surface area contributed by atoms with Gasteiger partial charge in [0.2, 0.25) is 10.0 Å². The van der Waals surface area contributed by atoms with E-state index in [1.807, 2.05) is 40.7 Å². The highest BCUT2D eigenvalue weighted by Crippen LogP contribution is 2.18. The SMILES string of the molecule is CCNCc1cc(S(=O)(=O)NC(C)(C)CC)ccc1C. The smallest absolute Gasteiger partial charge is 0.241 e. The van der Waals surface area contributed by atoms with Crippen LogP contribution in [0.5, 0.6) is 0 Å². The molecule has 5 heteroatoms. The lowest BCUT2D eigenvalue weighted by Gasteiger charge is -2.24. The average Bonchev–Trinajstić information content (AvgIpc) is 2.36. The summed E-state index contributed by atoms with van der Waals surface area (Å²) in [6.07, 6.45) is 0.738. The van der Waals surface area contributed by atoms with Gasteiger partial charge in [-0.05, 0) is 57.0 Å². The van der Waals surface area contributed by atoms with Crippen molar-refractivity contribution in [3.05, 3.63) is 29.3 Å². The van der Waals surface area contributed by atoms with E-state index in [1.54, 1.807) is 12.1 Å². The summed E-state index contributed by atoms with van der Waals surface area (Å²) in [4.78, 5) is 0.331. The van der Waals surface area contributed by atoms with Crippen LogP contribution in [0.1, 0.15) is 45.2 Å². The summed E-state index contributed by atoms with van der Waals surface area (Å²) >= 11 is 0. The highest BCUT2D eigenvalue weighted by Gasteiger charge is 2.24. The maximum absolute atomic E-state index is 12.4. The molecule has 0 fully saturated rings. The Labute approximate surface area is 123 Å². The van der Waals surface area contributed by atoms with Crippen LogP contribution in [0.15, 0.2) is 23.1 Å². The minimum Gasteiger partial charge on any atom is -0.313 e. The minimum atomic E-state index is -3.47. The lowest BCUT2D eigenvalue weighted by atomic mass is 10.0. The summed E-state index contributed by atoms with van der Waals surface area (Å²) in [6, 6.07) is 5.28. The van der Waals surface area contributed by atoms with Crippen LogP contribution < -0.4 is 10.0 Å². The molecular formula is C15H26N2O2S. The van der Waals surface area contributed by atoms with Gasteiger partial charge in [0, 0.05) is 12.1 Å². The molecule has 0 aliphatic rings. The summed E-state index contributed by atoms with van der Waals surface area (Å²) in [5.74, 6) is 0. The molecule has 0 unspecified atom stereocenters. The Morgan fingerprint density at radius 2 is 1.85 bits per heavy atom. The first-order valence-corrected chi connectivity index (χ1v) is 8.54. The van der Waals surface area contributed by atoms with Crippen LogP contribution in [0.2, 0.25) is 0 Å². The van der Waals surface area contributed by atoms with E-state index >= 15 is 0 Å². The van der Waals surface area contributed by atoms with E-state index in [0.29, 0.717) is 11.4 Å². The van der Waals surface area contributed by atoms with Gasteiger partial charge in [-0.3, -0.25) is 0 Å². The first-order valence-electron chi connectivity index (χ1n) is 7.06. The summed E-state index contributed by atoms with van der Waals surface area (Å²) < 4.78 is 27.6. The molecule has 0 saturated carbocycles. The molecule has 1 aromatic rings. The second kappa shape index (κ2) is 6.70. The standard InChI is InChI=1S/C15H26N2O2S/c1-6-15(4,5)17-20(18,19)14-9-8-12(3)13(10-14)11-16-7-2/h8-10,16-17H,6-7,11H2,1-5H3. The van der Waals surface area contributed by atoms with Crippen molar-refractivity contribution in [3.63, 3.8) is 0 Å². The maximum atomic E-state index is 12.4. The zero-order chi connectivity index (χ0) is 15.4. The van der Waals surface area contributed by atoms with E-state index in [0.717, 1.165) is 24.1 Å². The average molecular weight is 298 g/mol. The molecule has 1 rings (SSSR count). The van der Waals surface area contributed by atoms with Gasteiger partial charge in [-0.2, -0.15) is 0 Å². The Kier molecular flexibility index (Phi) is 5.74. The van der Waals surface area contributed by atoms with Crippen LogP contribution in [0.25, 0.3) is 0 Å². The van der Waals surface area contributed by atoms with E-state index in [1.165, 1.54) is 0 Å². The molecule has 0 amide bonds. The largest absolute Gasteiger partial charge is 0.313 e. The van der Waals surface area contributed by atoms with E-state index in [2.05, 4.69) is 10.0 Å². The third-order valence-electron chi connectivity index (χ3n) is 3.49. The lowest BCUT2D eigenvalue weighted by molar-refractivity contribution is 0.439. The molecule has 0 aliphatic carbocycles. The molecule has 0 atom stereocenters. The van der Waals surface area contributed by atoms with Crippen molar-refractivity contribution >= 4 is 10.0 Å². The van der Waals surface area contributed by atoms with Gasteiger partial charge in [0.15, 0.2) is 0 Å². The summed E-state index contributed by atoms with van der Waals surface area (Å²) in [5, 5.41) is 3.23. The number of benzene rings is 1. The normalized spacial score (nSPS) is 12.7. The highest BCUT2D eigenvalue weighted by atomic mass is 32.2. The highest BCUT2D eigenvalue weighted by molar-refractivity contribution is 7.89. The van der Waals surface area contributed by atoms with Gasteiger partial charge in [-0.1, -0.05) is 19.9 Å². The maximum Gasteiger partial charge on any atom is 0.241 e.